The first kappa shape index (κ1) is 15.4. The van der Waals surface area contributed by atoms with Gasteiger partial charge >= 0.3 is 0 Å². The maximum absolute atomic E-state index is 12.7. The van der Waals surface area contributed by atoms with Gasteiger partial charge in [0.05, 0.1) is 12.3 Å². The minimum atomic E-state index is -0.292. The average molecular weight is 309 g/mol. The molecule has 0 aliphatic rings. The Kier molecular flexibility index (Phi) is 5.62. The first-order valence-corrected chi connectivity index (χ1v) is 7.46. The Morgan fingerprint density at radius 1 is 1.38 bits per heavy atom. The monoisotopic (exact) mass is 309 g/mol. The Morgan fingerprint density at radius 2 is 2.14 bits per heavy atom. The van der Waals surface area contributed by atoms with E-state index in [1.807, 2.05) is 6.92 Å². The van der Waals surface area contributed by atoms with E-state index in [0.717, 1.165) is 17.2 Å². The third-order valence-electron chi connectivity index (χ3n) is 2.79. The van der Waals surface area contributed by atoms with Gasteiger partial charge in [-0.25, -0.2) is 4.39 Å². The summed E-state index contributed by atoms with van der Waals surface area (Å²) < 4.78 is 21.9. The van der Waals surface area contributed by atoms with Gasteiger partial charge in [-0.05, 0) is 48.6 Å². The summed E-state index contributed by atoms with van der Waals surface area (Å²) in [6, 6.07) is 5.84. The third kappa shape index (κ3) is 4.49. The van der Waals surface area contributed by atoms with Crippen molar-refractivity contribution in [3.8, 4) is 5.75 Å². The molecule has 5 nitrogen and oxygen atoms in total. The first-order valence-electron chi connectivity index (χ1n) is 6.68. The van der Waals surface area contributed by atoms with Crippen molar-refractivity contribution in [2.45, 2.75) is 19.8 Å². The number of carbonyl (C=O) groups excluding carboxylic acids is 1. The quantitative estimate of drug-likeness (QED) is 0.798. The Balaban J connectivity index is 1.68. The molecular weight excluding hydrogens is 293 g/mol. The lowest BCUT2D eigenvalue weighted by Gasteiger charge is -2.07. The summed E-state index contributed by atoms with van der Waals surface area (Å²) in [7, 11) is 0. The summed E-state index contributed by atoms with van der Waals surface area (Å²) in [6.45, 7) is 2.89. The van der Waals surface area contributed by atoms with Gasteiger partial charge in [-0.2, -0.15) is 0 Å². The molecule has 0 radical (unpaired) electrons. The summed E-state index contributed by atoms with van der Waals surface area (Å²) >= 11 is 1.10. The number of amides is 1. The van der Waals surface area contributed by atoms with E-state index < -0.39 is 0 Å². The van der Waals surface area contributed by atoms with Crippen LogP contribution in [0.25, 0.3) is 0 Å². The number of hydrogen-bond acceptors (Lipinski definition) is 5. The molecule has 21 heavy (non-hydrogen) atoms. The molecule has 0 unspecified atom stereocenters. The lowest BCUT2D eigenvalue weighted by Crippen LogP contribution is -2.25. The molecule has 1 aromatic carbocycles. The fraction of sp³-hybridized carbons (Fsp3) is 0.357. The summed E-state index contributed by atoms with van der Waals surface area (Å²) in [5, 5.41) is 6.71. The Bertz CT molecular complexity index is 586. The van der Waals surface area contributed by atoms with Crippen molar-refractivity contribution in [3.63, 3.8) is 0 Å². The SMILES string of the molecule is CCc1nnsc1C(=O)NCCCOc1ccc(F)cc1. The molecule has 0 atom stereocenters. The minimum Gasteiger partial charge on any atom is -0.494 e. The van der Waals surface area contributed by atoms with Crippen LogP contribution < -0.4 is 10.1 Å². The molecule has 1 heterocycles. The zero-order valence-electron chi connectivity index (χ0n) is 11.6. The van der Waals surface area contributed by atoms with E-state index in [2.05, 4.69) is 14.9 Å². The van der Waals surface area contributed by atoms with Crippen LogP contribution in [0.3, 0.4) is 0 Å². The second kappa shape index (κ2) is 7.68. The molecule has 112 valence electrons. The van der Waals surface area contributed by atoms with Gasteiger partial charge in [-0.3, -0.25) is 4.79 Å². The van der Waals surface area contributed by atoms with Gasteiger partial charge < -0.3 is 10.1 Å². The highest BCUT2D eigenvalue weighted by atomic mass is 32.1. The van der Waals surface area contributed by atoms with Gasteiger partial charge in [0.25, 0.3) is 5.91 Å². The molecule has 2 rings (SSSR count). The van der Waals surface area contributed by atoms with Crippen molar-refractivity contribution in [2.24, 2.45) is 0 Å². The smallest absolute Gasteiger partial charge is 0.264 e. The number of nitrogens with zero attached hydrogens (tertiary/aromatic N) is 2. The van der Waals surface area contributed by atoms with Crippen LogP contribution >= 0.6 is 11.5 Å². The number of aryl methyl sites for hydroxylation is 1. The molecule has 0 fully saturated rings. The van der Waals surface area contributed by atoms with Gasteiger partial charge in [0, 0.05) is 6.54 Å². The van der Waals surface area contributed by atoms with Gasteiger partial charge in [0.2, 0.25) is 0 Å². The van der Waals surface area contributed by atoms with Crippen LogP contribution in [0.15, 0.2) is 24.3 Å². The first-order chi connectivity index (χ1) is 10.2. The molecule has 7 heteroatoms. The summed E-state index contributed by atoms with van der Waals surface area (Å²) in [5.41, 5.74) is 0.722. The molecule has 0 aliphatic carbocycles. The van der Waals surface area contributed by atoms with Crippen LogP contribution in [0.1, 0.15) is 28.7 Å². The standard InChI is InChI=1S/C14H16FN3O2S/c1-2-12-13(21-18-17-12)14(19)16-8-3-9-20-11-6-4-10(15)5-7-11/h4-7H,2-3,8-9H2,1H3,(H,16,19). The van der Waals surface area contributed by atoms with E-state index in [0.29, 0.717) is 36.6 Å². The summed E-state index contributed by atoms with van der Waals surface area (Å²) in [5.74, 6) is 0.172. The number of ether oxygens (including phenoxy) is 1. The zero-order valence-corrected chi connectivity index (χ0v) is 12.5. The predicted molar refractivity (Wildman–Crippen MR) is 78.1 cm³/mol. The molecule has 1 N–H and O–H groups in total. The molecule has 0 aliphatic heterocycles. The number of rotatable bonds is 7. The Hall–Kier alpha value is -2.02. The van der Waals surface area contributed by atoms with Crippen molar-refractivity contribution in [2.75, 3.05) is 13.2 Å². The van der Waals surface area contributed by atoms with Crippen LogP contribution in [0.2, 0.25) is 0 Å². The zero-order chi connectivity index (χ0) is 15.1. The summed E-state index contributed by atoms with van der Waals surface area (Å²) in [4.78, 5) is 12.5. The van der Waals surface area contributed by atoms with Crippen molar-refractivity contribution < 1.29 is 13.9 Å². The summed E-state index contributed by atoms with van der Waals surface area (Å²) in [6.07, 6.45) is 1.35. The average Bonchev–Trinajstić information content (AvgIpc) is 2.97. The maximum Gasteiger partial charge on any atom is 0.264 e. The third-order valence-corrected chi connectivity index (χ3v) is 3.55. The topological polar surface area (TPSA) is 64.1 Å². The molecule has 0 saturated carbocycles. The molecule has 2 aromatic rings. The number of benzene rings is 1. The Labute approximate surface area is 126 Å². The van der Waals surface area contributed by atoms with Gasteiger partial charge in [0.1, 0.15) is 16.4 Å². The van der Waals surface area contributed by atoms with Crippen molar-refractivity contribution >= 4 is 17.4 Å². The molecule has 0 saturated heterocycles. The fourth-order valence-corrected chi connectivity index (χ4v) is 2.35. The van der Waals surface area contributed by atoms with Crippen LogP contribution in [-0.2, 0) is 6.42 Å². The van der Waals surface area contributed by atoms with Crippen molar-refractivity contribution in [3.05, 3.63) is 40.7 Å². The number of nitrogens with one attached hydrogen (secondary N) is 1. The second-order valence-corrected chi connectivity index (χ2v) is 5.07. The molecule has 1 amide bonds. The molecular formula is C14H16FN3O2S. The normalized spacial score (nSPS) is 10.4. The largest absolute Gasteiger partial charge is 0.494 e. The predicted octanol–water partition coefficient (Wildman–Crippen LogP) is 2.44. The van der Waals surface area contributed by atoms with E-state index in [1.54, 1.807) is 12.1 Å². The number of hydrogen-bond donors (Lipinski definition) is 1. The highest BCUT2D eigenvalue weighted by Gasteiger charge is 2.13. The van der Waals surface area contributed by atoms with E-state index in [4.69, 9.17) is 4.74 Å². The van der Waals surface area contributed by atoms with Crippen LogP contribution in [0, 0.1) is 5.82 Å². The molecule has 0 spiro atoms. The number of carbonyl (C=O) groups is 1. The van der Waals surface area contributed by atoms with E-state index in [9.17, 15) is 9.18 Å². The maximum atomic E-state index is 12.7. The van der Waals surface area contributed by atoms with Crippen LogP contribution in [-0.4, -0.2) is 28.6 Å². The van der Waals surface area contributed by atoms with E-state index >= 15 is 0 Å². The number of halogens is 1. The van der Waals surface area contributed by atoms with Gasteiger partial charge in [-0.15, -0.1) is 5.10 Å². The van der Waals surface area contributed by atoms with Crippen molar-refractivity contribution in [1.29, 1.82) is 0 Å². The van der Waals surface area contributed by atoms with E-state index in [-0.39, 0.29) is 11.7 Å². The minimum absolute atomic E-state index is 0.149. The van der Waals surface area contributed by atoms with Crippen LogP contribution in [0.5, 0.6) is 5.75 Å². The lowest BCUT2D eigenvalue weighted by molar-refractivity contribution is 0.0954. The van der Waals surface area contributed by atoms with Gasteiger partial charge in [-0.1, -0.05) is 11.4 Å². The highest BCUT2D eigenvalue weighted by molar-refractivity contribution is 7.08. The van der Waals surface area contributed by atoms with Crippen LogP contribution in [0.4, 0.5) is 4.39 Å². The number of aromatic nitrogens is 2. The van der Waals surface area contributed by atoms with Crippen molar-refractivity contribution in [1.82, 2.24) is 14.9 Å². The molecule has 0 bridgehead atoms. The molecule has 1 aromatic heterocycles. The van der Waals surface area contributed by atoms with E-state index in [1.165, 1.54) is 12.1 Å². The fourth-order valence-electron chi connectivity index (χ4n) is 1.69. The van der Waals surface area contributed by atoms with Gasteiger partial charge in [0.15, 0.2) is 0 Å². The highest BCUT2D eigenvalue weighted by Crippen LogP contribution is 2.12. The Morgan fingerprint density at radius 3 is 2.86 bits per heavy atom. The lowest BCUT2D eigenvalue weighted by atomic mass is 10.3. The second-order valence-electron chi connectivity index (χ2n) is 4.31.